The van der Waals surface area contributed by atoms with Gasteiger partial charge >= 0.3 is 39.0 Å². The van der Waals surface area contributed by atoms with Gasteiger partial charge < -0.3 is 0 Å². The molecule has 0 aliphatic rings. The molecule has 0 aromatic heterocycles. The van der Waals surface area contributed by atoms with E-state index in [0.29, 0.717) is 0 Å². The van der Waals surface area contributed by atoms with Crippen molar-refractivity contribution in [2.75, 3.05) is 0 Å². The summed E-state index contributed by atoms with van der Waals surface area (Å²) in [6.45, 7) is 5.27. The van der Waals surface area contributed by atoms with Gasteiger partial charge in [0.25, 0.3) is 0 Å². The molecule has 0 saturated carbocycles. The first-order valence-electron chi connectivity index (χ1n) is 1.82. The molecule has 0 rings (SSSR count). The third kappa shape index (κ3) is 10.8. The Morgan fingerprint density at radius 2 is 2.14 bits per heavy atom. The molecule has 2 heteroatoms. The average molecular weight is 167 g/mol. The van der Waals surface area contributed by atoms with Gasteiger partial charge in [0.2, 0.25) is 0 Å². The van der Waals surface area contributed by atoms with Gasteiger partial charge in [-0.25, -0.2) is 0 Å². The molecule has 0 heterocycles. The van der Waals surface area contributed by atoms with E-state index in [0.717, 1.165) is 5.46 Å². The molecule has 0 amide bonds. The third-order valence-electron chi connectivity index (χ3n) is 0.381. The Balaban J connectivity index is 0. The van der Waals surface area contributed by atoms with Crippen LogP contribution in [0.15, 0.2) is 12.2 Å². The second kappa shape index (κ2) is 6.65. The van der Waals surface area contributed by atoms with Crippen molar-refractivity contribution in [3.8, 4) is 0 Å². The van der Waals surface area contributed by atoms with Gasteiger partial charge in [0.15, 0.2) is 0 Å². The fourth-order valence-corrected chi connectivity index (χ4v) is 0.186. The molecule has 0 fully saturated rings. The largest absolute Gasteiger partial charge is 0 e. The zero-order valence-corrected chi connectivity index (χ0v) is 7.35. The molecule has 34 valence electrons. The normalized spacial score (nSPS) is 8.00. The number of allylic oxidation sites excluding steroid dienone is 2. The van der Waals surface area contributed by atoms with Crippen LogP contribution in [0.3, 0.4) is 0 Å². The summed E-state index contributed by atoms with van der Waals surface area (Å²) in [4.78, 5) is 0. The van der Waals surface area contributed by atoms with Crippen molar-refractivity contribution in [1.29, 1.82) is 0 Å². The van der Waals surface area contributed by atoms with Crippen LogP contribution in [0.1, 0.15) is 6.92 Å². The van der Waals surface area contributed by atoms with Crippen molar-refractivity contribution in [1.82, 2.24) is 0 Å². The fraction of sp³-hybridized carbons (Fsp3) is 0.200. The monoisotopic (exact) mass is 167 g/mol. The third-order valence-corrected chi connectivity index (χ3v) is 0.381. The van der Waals surface area contributed by atoms with Crippen LogP contribution in [0, 0.1) is 6.92 Å². The van der Waals surface area contributed by atoms with E-state index in [1.165, 1.54) is 0 Å². The van der Waals surface area contributed by atoms with Gasteiger partial charge in [-0.05, 0) is 0 Å². The molecule has 0 aromatic rings. The second-order valence-corrected chi connectivity index (χ2v) is 1.15. The topological polar surface area (TPSA) is 0 Å². The van der Waals surface area contributed by atoms with Crippen molar-refractivity contribution in [3.63, 3.8) is 0 Å². The van der Waals surface area contributed by atoms with E-state index in [2.05, 4.69) is 6.92 Å². The first-order chi connectivity index (χ1) is 2.77. The second-order valence-electron chi connectivity index (χ2n) is 1.15. The van der Waals surface area contributed by atoms with Crippen LogP contribution in [0.25, 0.3) is 0 Å². The molecular formula is C5H7BY-. The standard InChI is InChI=1S/C5H7B.Y/c1-3-4-5(2)6;/h3-4H,1H2,2H3;/q-1;/b4-3-;. The van der Waals surface area contributed by atoms with E-state index in [9.17, 15) is 0 Å². The average Bonchev–Trinajstić information content (AvgIpc) is 1.35. The predicted octanol–water partition coefficient (Wildman–Crippen LogP) is 0.735. The molecule has 0 atom stereocenters. The van der Waals surface area contributed by atoms with Crippen molar-refractivity contribution < 1.29 is 32.7 Å². The zero-order valence-electron chi connectivity index (χ0n) is 4.52. The van der Waals surface area contributed by atoms with Crippen molar-refractivity contribution in [2.24, 2.45) is 0 Å². The van der Waals surface area contributed by atoms with Crippen LogP contribution < -0.4 is 0 Å². The van der Waals surface area contributed by atoms with Crippen LogP contribution in [0.5, 0.6) is 0 Å². The van der Waals surface area contributed by atoms with Gasteiger partial charge in [0.1, 0.15) is 0 Å². The summed E-state index contributed by atoms with van der Waals surface area (Å²) in [5, 5.41) is 0. The molecule has 0 spiro atoms. The Hall–Kier alpha value is 0.649. The molecule has 0 unspecified atom stereocenters. The Morgan fingerprint density at radius 3 is 2.14 bits per heavy atom. The van der Waals surface area contributed by atoms with E-state index in [1.54, 1.807) is 12.2 Å². The minimum Gasteiger partial charge on any atom is 0 e. The van der Waals surface area contributed by atoms with Gasteiger partial charge in [-0.15, -0.1) is 0 Å². The van der Waals surface area contributed by atoms with Gasteiger partial charge in [-0.3, -0.25) is 0 Å². The van der Waals surface area contributed by atoms with Gasteiger partial charge in [0, 0.05) is 32.7 Å². The molecule has 0 bridgehead atoms. The van der Waals surface area contributed by atoms with E-state index in [-0.39, 0.29) is 32.7 Å². The van der Waals surface area contributed by atoms with Crippen LogP contribution >= 0.6 is 0 Å². The van der Waals surface area contributed by atoms with Gasteiger partial charge in [-0.2, -0.15) is 0 Å². The Kier molecular flexibility index (Phi) is 10.1. The fourth-order valence-electron chi connectivity index (χ4n) is 0.186. The zero-order chi connectivity index (χ0) is 4.99. The summed E-state index contributed by atoms with van der Waals surface area (Å²) >= 11 is 0. The van der Waals surface area contributed by atoms with E-state index in [4.69, 9.17) is 7.49 Å². The van der Waals surface area contributed by atoms with E-state index in [1.807, 2.05) is 6.92 Å². The molecule has 0 aliphatic carbocycles. The SMILES string of the molecule is [B]=C(C)/C=C\[CH2-].[Y]. The molecule has 7 heavy (non-hydrogen) atoms. The first-order valence-corrected chi connectivity index (χ1v) is 1.82. The van der Waals surface area contributed by atoms with Crippen molar-refractivity contribution in [3.05, 3.63) is 19.1 Å². The Bertz CT molecular complexity index is 76.1. The van der Waals surface area contributed by atoms with Gasteiger partial charge in [0.05, 0.1) is 0 Å². The molecule has 0 saturated heterocycles. The number of hydrogen-bond acceptors (Lipinski definition) is 0. The molecule has 2 radical (unpaired) electrons. The maximum absolute atomic E-state index is 5.19. The quantitative estimate of drug-likeness (QED) is 0.398. The predicted molar refractivity (Wildman–Crippen MR) is 30.9 cm³/mol. The van der Waals surface area contributed by atoms with E-state index < -0.39 is 0 Å². The van der Waals surface area contributed by atoms with Crippen LogP contribution in [-0.2, 0) is 32.7 Å². The van der Waals surface area contributed by atoms with E-state index >= 15 is 0 Å². The number of rotatable bonds is 1. The summed E-state index contributed by atoms with van der Waals surface area (Å²) in [7, 11) is 5.19. The summed E-state index contributed by atoms with van der Waals surface area (Å²) < 4.78 is 0. The minimum atomic E-state index is 0. The van der Waals surface area contributed by atoms with Gasteiger partial charge in [-0.1, -0.05) is 0 Å². The molecule has 0 aliphatic heterocycles. The number of hydrogen-bond donors (Lipinski definition) is 0. The summed E-state index contributed by atoms with van der Waals surface area (Å²) in [6, 6.07) is 0. The maximum Gasteiger partial charge on any atom is 0 e. The molecule has 0 nitrogen and oxygen atoms in total. The van der Waals surface area contributed by atoms with Crippen molar-refractivity contribution >= 4 is 13.0 Å². The van der Waals surface area contributed by atoms with Crippen LogP contribution in [0.2, 0.25) is 0 Å². The summed E-state index contributed by atoms with van der Waals surface area (Å²) in [5.41, 5.74) is 0.796. The Morgan fingerprint density at radius 1 is 1.71 bits per heavy atom. The maximum atomic E-state index is 5.19. The Labute approximate surface area is 71.3 Å². The molecule has 0 aromatic carbocycles. The smallest absolute Gasteiger partial charge is 0 e. The minimum absolute atomic E-state index is 0. The van der Waals surface area contributed by atoms with Crippen LogP contribution in [-0.4, -0.2) is 13.0 Å². The molecular weight excluding hydrogens is 160 g/mol. The summed E-state index contributed by atoms with van der Waals surface area (Å²) in [6.07, 6.45) is 3.41. The first kappa shape index (κ1) is 10.6. The van der Waals surface area contributed by atoms with Crippen molar-refractivity contribution in [2.45, 2.75) is 6.92 Å². The molecule has 0 N–H and O–H groups in total. The summed E-state index contributed by atoms with van der Waals surface area (Å²) in [5.74, 6) is 0. The van der Waals surface area contributed by atoms with Crippen LogP contribution in [0.4, 0.5) is 0 Å².